The van der Waals surface area contributed by atoms with Crippen molar-refractivity contribution in [1.82, 2.24) is 15.0 Å². The molecule has 1 aromatic heterocycles. The van der Waals surface area contributed by atoms with Crippen LogP contribution in [0, 0.1) is 6.92 Å². The molecular weight excluding hydrogens is 272 g/mol. The van der Waals surface area contributed by atoms with Crippen molar-refractivity contribution in [3.05, 3.63) is 47.8 Å². The van der Waals surface area contributed by atoms with E-state index in [0.29, 0.717) is 11.3 Å². The number of carboxylic acids is 1. The lowest BCUT2D eigenvalue weighted by molar-refractivity contribution is -0.131. The van der Waals surface area contributed by atoms with Gasteiger partial charge in [-0.2, -0.15) is 0 Å². The van der Waals surface area contributed by atoms with E-state index < -0.39 is 5.97 Å². The zero-order chi connectivity index (χ0) is 15.2. The van der Waals surface area contributed by atoms with E-state index in [1.807, 2.05) is 13.0 Å². The number of hydrogen-bond donors (Lipinski definition) is 2. The van der Waals surface area contributed by atoms with E-state index in [-0.39, 0.29) is 12.5 Å². The summed E-state index contributed by atoms with van der Waals surface area (Å²) in [5, 5.41) is 18.7. The molecule has 0 spiro atoms. The molecule has 0 atom stereocenters. The summed E-state index contributed by atoms with van der Waals surface area (Å²) in [6, 6.07) is 5.31. The van der Waals surface area contributed by atoms with Crippen molar-refractivity contribution in [2.45, 2.75) is 13.5 Å². The normalized spacial score (nSPS) is 10.7. The van der Waals surface area contributed by atoms with Crippen LogP contribution in [0.15, 0.2) is 36.7 Å². The van der Waals surface area contributed by atoms with Crippen molar-refractivity contribution in [1.29, 1.82) is 0 Å². The first kappa shape index (κ1) is 14.4. The fourth-order valence-electron chi connectivity index (χ4n) is 1.70. The molecule has 7 heteroatoms. The largest absolute Gasteiger partial charge is 0.478 e. The van der Waals surface area contributed by atoms with Gasteiger partial charge in [0.2, 0.25) is 5.91 Å². The maximum Gasteiger partial charge on any atom is 0.328 e. The second-order valence-corrected chi connectivity index (χ2v) is 4.39. The number of carbonyl (C=O) groups excluding carboxylic acids is 1. The molecule has 0 saturated carbocycles. The molecule has 1 amide bonds. The molecule has 21 heavy (non-hydrogen) atoms. The first-order valence-corrected chi connectivity index (χ1v) is 6.20. The van der Waals surface area contributed by atoms with E-state index in [1.54, 1.807) is 18.3 Å². The smallest absolute Gasteiger partial charge is 0.328 e. The Morgan fingerprint density at radius 1 is 1.43 bits per heavy atom. The van der Waals surface area contributed by atoms with E-state index in [9.17, 15) is 9.59 Å². The van der Waals surface area contributed by atoms with Gasteiger partial charge in [0.15, 0.2) is 0 Å². The average molecular weight is 286 g/mol. The van der Waals surface area contributed by atoms with Gasteiger partial charge in [-0.05, 0) is 30.2 Å². The third-order valence-electron chi connectivity index (χ3n) is 2.73. The molecule has 0 aliphatic carbocycles. The highest BCUT2D eigenvalue weighted by molar-refractivity contribution is 5.92. The predicted octanol–water partition coefficient (Wildman–Crippen LogP) is 1.32. The van der Waals surface area contributed by atoms with Crippen LogP contribution < -0.4 is 5.32 Å². The molecule has 7 nitrogen and oxygen atoms in total. The van der Waals surface area contributed by atoms with Gasteiger partial charge in [-0.25, -0.2) is 9.48 Å². The number of rotatable bonds is 5. The fraction of sp³-hybridized carbons (Fsp3) is 0.143. The quantitative estimate of drug-likeness (QED) is 0.808. The molecule has 0 unspecified atom stereocenters. The molecule has 1 heterocycles. The second-order valence-electron chi connectivity index (χ2n) is 4.39. The Bertz CT molecular complexity index is 678. The van der Waals surface area contributed by atoms with Gasteiger partial charge in [-0.15, -0.1) is 5.10 Å². The van der Waals surface area contributed by atoms with Crippen LogP contribution in [-0.2, 0) is 16.1 Å². The van der Waals surface area contributed by atoms with Gasteiger partial charge in [-0.1, -0.05) is 17.3 Å². The second kappa shape index (κ2) is 6.47. The molecule has 108 valence electrons. The molecule has 2 aromatic rings. The zero-order valence-electron chi connectivity index (χ0n) is 11.4. The number of carbonyl (C=O) groups is 2. The summed E-state index contributed by atoms with van der Waals surface area (Å²) in [6.07, 6.45) is 5.61. The standard InChI is InChI=1S/C14H14N4O3/c1-10-2-3-11(4-5-14(20)21)8-12(10)16-13(19)9-18-7-6-15-17-18/h2-8H,9H2,1H3,(H,16,19)(H,20,21)/b5-4+. The Balaban J connectivity index is 2.09. The van der Waals surface area contributed by atoms with Crippen molar-refractivity contribution in [2.24, 2.45) is 0 Å². The van der Waals surface area contributed by atoms with Crippen LogP contribution in [0.4, 0.5) is 5.69 Å². The third kappa shape index (κ3) is 4.27. The fourth-order valence-corrected chi connectivity index (χ4v) is 1.70. The van der Waals surface area contributed by atoms with Gasteiger partial charge in [-0.3, -0.25) is 4.79 Å². The number of aryl methyl sites for hydroxylation is 1. The summed E-state index contributed by atoms with van der Waals surface area (Å²) >= 11 is 0. The van der Waals surface area contributed by atoms with Crippen LogP contribution in [-0.4, -0.2) is 32.0 Å². The molecule has 2 rings (SSSR count). The topological polar surface area (TPSA) is 97.1 Å². The maximum absolute atomic E-state index is 11.9. The van der Waals surface area contributed by atoms with Gasteiger partial charge in [0.1, 0.15) is 6.54 Å². The SMILES string of the molecule is Cc1ccc(/C=C/C(=O)O)cc1NC(=O)Cn1ccnn1. The first-order chi connectivity index (χ1) is 10.0. The highest BCUT2D eigenvalue weighted by atomic mass is 16.4. The number of aromatic nitrogens is 3. The summed E-state index contributed by atoms with van der Waals surface area (Å²) < 4.78 is 1.42. The number of benzene rings is 1. The molecule has 0 radical (unpaired) electrons. The summed E-state index contributed by atoms with van der Waals surface area (Å²) in [5.41, 5.74) is 2.21. The van der Waals surface area contributed by atoms with E-state index in [4.69, 9.17) is 5.11 Å². The monoisotopic (exact) mass is 286 g/mol. The summed E-state index contributed by atoms with van der Waals surface area (Å²) in [5.74, 6) is -1.25. The Kier molecular flexibility index (Phi) is 4.45. The lowest BCUT2D eigenvalue weighted by atomic mass is 10.1. The minimum Gasteiger partial charge on any atom is -0.478 e. The van der Waals surface area contributed by atoms with Crippen LogP contribution in [0.25, 0.3) is 6.08 Å². The highest BCUT2D eigenvalue weighted by Crippen LogP contribution is 2.18. The summed E-state index contributed by atoms with van der Waals surface area (Å²) in [7, 11) is 0. The highest BCUT2D eigenvalue weighted by Gasteiger charge is 2.06. The number of nitrogens with zero attached hydrogens (tertiary/aromatic N) is 3. The molecule has 0 saturated heterocycles. The van der Waals surface area contributed by atoms with Gasteiger partial charge in [0, 0.05) is 18.0 Å². The number of hydrogen-bond acceptors (Lipinski definition) is 4. The molecule has 1 aromatic carbocycles. The van der Waals surface area contributed by atoms with Crippen molar-refractivity contribution >= 4 is 23.6 Å². The van der Waals surface area contributed by atoms with Gasteiger partial charge < -0.3 is 10.4 Å². The average Bonchev–Trinajstić information content (AvgIpc) is 2.92. The van der Waals surface area contributed by atoms with Crippen LogP contribution in [0.2, 0.25) is 0 Å². The Morgan fingerprint density at radius 2 is 2.24 bits per heavy atom. The first-order valence-electron chi connectivity index (χ1n) is 6.20. The summed E-state index contributed by atoms with van der Waals surface area (Å²) in [6.45, 7) is 1.92. The van der Waals surface area contributed by atoms with Crippen molar-refractivity contribution in [2.75, 3.05) is 5.32 Å². The molecule has 0 bridgehead atoms. The predicted molar refractivity (Wildman–Crippen MR) is 76.5 cm³/mol. The Morgan fingerprint density at radius 3 is 2.90 bits per heavy atom. The minimum absolute atomic E-state index is 0.0641. The molecule has 0 fully saturated rings. The van der Waals surface area contributed by atoms with E-state index in [1.165, 1.54) is 17.0 Å². The molecule has 2 N–H and O–H groups in total. The zero-order valence-corrected chi connectivity index (χ0v) is 11.4. The lowest BCUT2D eigenvalue weighted by Gasteiger charge is -2.09. The van der Waals surface area contributed by atoms with Gasteiger partial charge in [0.25, 0.3) is 0 Å². The van der Waals surface area contributed by atoms with Crippen molar-refractivity contribution in [3.8, 4) is 0 Å². The third-order valence-corrected chi connectivity index (χ3v) is 2.73. The lowest BCUT2D eigenvalue weighted by Crippen LogP contribution is -2.19. The van der Waals surface area contributed by atoms with Crippen molar-refractivity contribution < 1.29 is 14.7 Å². The van der Waals surface area contributed by atoms with Crippen LogP contribution >= 0.6 is 0 Å². The molecule has 0 aliphatic rings. The number of nitrogens with one attached hydrogen (secondary N) is 1. The Hall–Kier alpha value is -2.96. The number of aliphatic carboxylic acids is 1. The molecule has 0 aliphatic heterocycles. The van der Waals surface area contributed by atoms with Gasteiger partial charge in [0.05, 0.1) is 6.20 Å². The van der Waals surface area contributed by atoms with E-state index in [0.717, 1.165) is 11.6 Å². The number of amides is 1. The number of anilines is 1. The van der Waals surface area contributed by atoms with Crippen molar-refractivity contribution in [3.63, 3.8) is 0 Å². The van der Waals surface area contributed by atoms with Crippen LogP contribution in [0.3, 0.4) is 0 Å². The van der Waals surface area contributed by atoms with E-state index in [2.05, 4.69) is 15.6 Å². The molecular formula is C14H14N4O3. The van der Waals surface area contributed by atoms with Crippen LogP contribution in [0.1, 0.15) is 11.1 Å². The number of carboxylic acid groups (broad SMARTS) is 1. The van der Waals surface area contributed by atoms with Gasteiger partial charge >= 0.3 is 5.97 Å². The Labute approximate surface area is 120 Å². The van der Waals surface area contributed by atoms with E-state index >= 15 is 0 Å². The maximum atomic E-state index is 11.9. The minimum atomic E-state index is -1.02. The van der Waals surface area contributed by atoms with Crippen LogP contribution in [0.5, 0.6) is 0 Å². The summed E-state index contributed by atoms with van der Waals surface area (Å²) in [4.78, 5) is 22.4.